The number of nitrogens with zero attached hydrogens (tertiary/aromatic N) is 2. The van der Waals surface area contributed by atoms with Crippen molar-refractivity contribution in [3.63, 3.8) is 0 Å². The number of hydrogen-bond acceptors (Lipinski definition) is 4. The van der Waals surface area contributed by atoms with Gasteiger partial charge in [-0.25, -0.2) is 4.98 Å². The number of rotatable bonds is 5. The maximum atomic E-state index is 4.56. The average molecular weight is 287 g/mol. The van der Waals surface area contributed by atoms with Gasteiger partial charge in [0.25, 0.3) is 0 Å². The molecule has 3 nitrogen and oxygen atoms in total. The van der Waals surface area contributed by atoms with Crippen molar-refractivity contribution in [1.82, 2.24) is 4.98 Å². The Balaban J connectivity index is 1.70. The molecule has 3 heterocycles. The minimum Gasteiger partial charge on any atom is -0.377 e. The van der Waals surface area contributed by atoms with Crippen molar-refractivity contribution in [2.45, 2.75) is 32.7 Å². The van der Waals surface area contributed by atoms with E-state index in [1.165, 1.54) is 22.6 Å². The van der Waals surface area contributed by atoms with E-state index < -0.39 is 0 Å². The van der Waals surface area contributed by atoms with Crippen molar-refractivity contribution in [2.24, 2.45) is 0 Å². The van der Waals surface area contributed by atoms with Crippen LogP contribution in [-0.2, 0) is 13.0 Å². The van der Waals surface area contributed by atoms with E-state index in [9.17, 15) is 0 Å². The highest BCUT2D eigenvalue weighted by atomic mass is 32.1. The molecule has 0 aromatic carbocycles. The number of thiophene rings is 1. The summed E-state index contributed by atoms with van der Waals surface area (Å²) >= 11 is 1.89. The van der Waals surface area contributed by atoms with Crippen LogP contribution in [0.2, 0.25) is 0 Å². The lowest BCUT2D eigenvalue weighted by Crippen LogP contribution is -2.20. The second-order valence-corrected chi connectivity index (χ2v) is 6.40. The Morgan fingerprint density at radius 3 is 2.75 bits per heavy atom. The maximum Gasteiger partial charge on any atom is 0.151 e. The van der Waals surface area contributed by atoms with E-state index in [0.29, 0.717) is 0 Å². The van der Waals surface area contributed by atoms with Crippen LogP contribution in [0.3, 0.4) is 0 Å². The van der Waals surface area contributed by atoms with E-state index in [4.69, 9.17) is 0 Å². The third-order valence-electron chi connectivity index (χ3n) is 3.71. The smallest absolute Gasteiger partial charge is 0.151 e. The van der Waals surface area contributed by atoms with Crippen LogP contribution in [0.1, 0.15) is 29.5 Å². The molecule has 1 N–H and O–H groups in total. The van der Waals surface area contributed by atoms with Crippen LogP contribution in [0.4, 0.5) is 11.5 Å². The largest absolute Gasteiger partial charge is 0.377 e. The predicted molar refractivity (Wildman–Crippen MR) is 86.7 cm³/mol. The Hall–Kier alpha value is -1.55. The van der Waals surface area contributed by atoms with Gasteiger partial charge in [-0.15, -0.1) is 11.3 Å². The fourth-order valence-corrected chi connectivity index (χ4v) is 3.50. The summed E-state index contributed by atoms with van der Waals surface area (Å²) in [6.45, 7) is 5.35. The highest BCUT2D eigenvalue weighted by Crippen LogP contribution is 2.27. The van der Waals surface area contributed by atoms with Gasteiger partial charge in [-0.3, -0.25) is 0 Å². The summed E-state index contributed by atoms with van der Waals surface area (Å²) in [6.07, 6.45) is 5.57. The first-order valence-corrected chi connectivity index (χ1v) is 8.20. The zero-order valence-corrected chi connectivity index (χ0v) is 12.7. The monoisotopic (exact) mass is 287 g/mol. The molecule has 0 bridgehead atoms. The average Bonchev–Trinajstić information content (AvgIpc) is 3.17. The fraction of sp³-hybridized carbons (Fsp3) is 0.438. The summed E-state index contributed by atoms with van der Waals surface area (Å²) in [5.41, 5.74) is 1.15. The molecular formula is C16H21N3S. The Labute approximate surface area is 124 Å². The molecule has 1 fully saturated rings. The van der Waals surface area contributed by atoms with Crippen molar-refractivity contribution < 1.29 is 0 Å². The van der Waals surface area contributed by atoms with Gasteiger partial charge in [0.05, 0.1) is 5.69 Å². The van der Waals surface area contributed by atoms with E-state index in [0.717, 1.165) is 37.6 Å². The Bertz CT molecular complexity index is 558. The van der Waals surface area contributed by atoms with Crippen LogP contribution < -0.4 is 10.2 Å². The summed E-state index contributed by atoms with van der Waals surface area (Å²) in [7, 11) is 0. The zero-order valence-electron chi connectivity index (χ0n) is 11.9. The van der Waals surface area contributed by atoms with Gasteiger partial charge in [0.1, 0.15) is 0 Å². The van der Waals surface area contributed by atoms with Gasteiger partial charge in [0, 0.05) is 35.6 Å². The summed E-state index contributed by atoms with van der Waals surface area (Å²) in [4.78, 5) is 9.78. The van der Waals surface area contributed by atoms with Crippen LogP contribution in [-0.4, -0.2) is 18.1 Å². The molecule has 4 heteroatoms. The first kappa shape index (κ1) is 13.4. The molecule has 2 aromatic heterocycles. The molecule has 3 rings (SSSR count). The number of aromatic nitrogens is 1. The van der Waals surface area contributed by atoms with Gasteiger partial charge >= 0.3 is 0 Å². The highest BCUT2D eigenvalue weighted by Gasteiger charge is 2.16. The quantitative estimate of drug-likeness (QED) is 0.903. The van der Waals surface area contributed by atoms with Crippen LogP contribution >= 0.6 is 11.3 Å². The zero-order chi connectivity index (χ0) is 13.8. The summed E-state index contributed by atoms with van der Waals surface area (Å²) < 4.78 is 0. The molecule has 1 aliphatic heterocycles. The number of nitrogens with one attached hydrogen (secondary N) is 1. The van der Waals surface area contributed by atoms with Gasteiger partial charge in [-0.1, -0.05) is 6.92 Å². The first-order chi connectivity index (χ1) is 9.86. The minimum absolute atomic E-state index is 0.886. The van der Waals surface area contributed by atoms with Crippen molar-refractivity contribution in [3.8, 4) is 0 Å². The highest BCUT2D eigenvalue weighted by molar-refractivity contribution is 7.12. The Morgan fingerprint density at radius 1 is 1.20 bits per heavy atom. The molecule has 0 spiro atoms. The van der Waals surface area contributed by atoms with Crippen LogP contribution in [0, 0.1) is 0 Å². The third-order valence-corrected chi connectivity index (χ3v) is 4.94. The van der Waals surface area contributed by atoms with Crippen molar-refractivity contribution in [2.75, 3.05) is 23.3 Å². The number of pyridine rings is 1. The van der Waals surface area contributed by atoms with Crippen LogP contribution in [0.15, 0.2) is 30.5 Å². The van der Waals surface area contributed by atoms with Gasteiger partial charge < -0.3 is 10.2 Å². The molecule has 20 heavy (non-hydrogen) atoms. The molecule has 0 amide bonds. The van der Waals surface area contributed by atoms with Crippen molar-refractivity contribution >= 4 is 22.8 Å². The standard InChI is InChI=1S/C16H21N3S/c1-2-13-7-8-14(20-13)12-18-15-6-5-9-17-16(15)19-10-3-4-11-19/h5-9,18H,2-4,10-12H2,1H3. The maximum absolute atomic E-state index is 4.56. The fourth-order valence-electron chi connectivity index (χ4n) is 2.61. The molecule has 0 atom stereocenters. The molecule has 0 radical (unpaired) electrons. The Morgan fingerprint density at radius 2 is 2.00 bits per heavy atom. The number of anilines is 2. The normalized spacial score (nSPS) is 14.8. The summed E-state index contributed by atoms with van der Waals surface area (Å²) in [5, 5.41) is 3.55. The van der Waals surface area contributed by atoms with Gasteiger partial charge in [0.2, 0.25) is 0 Å². The Kier molecular flexibility index (Phi) is 4.21. The van der Waals surface area contributed by atoms with E-state index in [1.54, 1.807) is 0 Å². The first-order valence-electron chi connectivity index (χ1n) is 7.38. The molecule has 0 saturated carbocycles. The SMILES string of the molecule is CCc1ccc(CNc2cccnc2N2CCCC2)s1. The second-order valence-electron chi connectivity index (χ2n) is 5.14. The van der Waals surface area contributed by atoms with Gasteiger partial charge in [-0.2, -0.15) is 0 Å². The molecule has 1 aliphatic rings. The minimum atomic E-state index is 0.886. The second kappa shape index (κ2) is 6.27. The molecular weight excluding hydrogens is 266 g/mol. The lowest BCUT2D eigenvalue weighted by Gasteiger charge is -2.20. The van der Waals surface area contributed by atoms with Gasteiger partial charge in [-0.05, 0) is 43.5 Å². The third kappa shape index (κ3) is 2.96. The van der Waals surface area contributed by atoms with Gasteiger partial charge in [0.15, 0.2) is 5.82 Å². The van der Waals surface area contributed by atoms with Crippen LogP contribution in [0.5, 0.6) is 0 Å². The molecule has 1 saturated heterocycles. The number of aryl methyl sites for hydroxylation is 1. The molecule has 106 valence electrons. The summed E-state index contributed by atoms with van der Waals surface area (Å²) in [5.74, 6) is 1.11. The summed E-state index contributed by atoms with van der Waals surface area (Å²) in [6, 6.07) is 8.59. The van der Waals surface area contributed by atoms with Crippen LogP contribution in [0.25, 0.3) is 0 Å². The number of hydrogen-bond donors (Lipinski definition) is 1. The molecule has 2 aromatic rings. The van der Waals surface area contributed by atoms with E-state index in [1.807, 2.05) is 23.6 Å². The predicted octanol–water partition coefficient (Wildman–Crippen LogP) is 3.92. The molecule has 0 unspecified atom stereocenters. The van der Waals surface area contributed by atoms with Crippen molar-refractivity contribution in [1.29, 1.82) is 0 Å². The topological polar surface area (TPSA) is 28.2 Å². The van der Waals surface area contributed by atoms with Crippen molar-refractivity contribution in [3.05, 3.63) is 40.2 Å². The van der Waals surface area contributed by atoms with E-state index >= 15 is 0 Å². The lowest BCUT2D eigenvalue weighted by atomic mass is 10.3. The lowest BCUT2D eigenvalue weighted by molar-refractivity contribution is 0.935. The molecule has 0 aliphatic carbocycles. The van der Waals surface area contributed by atoms with E-state index in [-0.39, 0.29) is 0 Å². The van der Waals surface area contributed by atoms with E-state index in [2.05, 4.69) is 40.3 Å².